The third kappa shape index (κ3) is 8.30. The van der Waals surface area contributed by atoms with Gasteiger partial charge in [0.1, 0.15) is 0 Å². The highest BCUT2D eigenvalue weighted by atomic mass is 28.4. The van der Waals surface area contributed by atoms with Crippen LogP contribution in [0.2, 0.25) is 18.1 Å². The number of ether oxygens (including phenoxy) is 1. The van der Waals surface area contributed by atoms with Crippen molar-refractivity contribution in [3.05, 3.63) is 48.0 Å². The Morgan fingerprint density at radius 3 is 2.26 bits per heavy atom. The summed E-state index contributed by atoms with van der Waals surface area (Å²) >= 11 is 0. The van der Waals surface area contributed by atoms with Crippen molar-refractivity contribution < 1.29 is 14.3 Å². The van der Waals surface area contributed by atoms with Gasteiger partial charge in [0.2, 0.25) is 0 Å². The molecule has 3 nitrogen and oxygen atoms in total. The monoisotopic (exact) mass is 392 g/mol. The van der Waals surface area contributed by atoms with Crippen molar-refractivity contribution in [1.82, 2.24) is 0 Å². The van der Waals surface area contributed by atoms with Crippen LogP contribution in [-0.2, 0) is 15.8 Å². The molecule has 1 aromatic rings. The van der Waals surface area contributed by atoms with Crippen LogP contribution in [0, 0.1) is 11.8 Å². The summed E-state index contributed by atoms with van der Waals surface area (Å²) < 4.78 is 12.1. The van der Waals surface area contributed by atoms with Crippen molar-refractivity contribution in [2.75, 3.05) is 13.2 Å². The fourth-order valence-electron chi connectivity index (χ4n) is 2.38. The van der Waals surface area contributed by atoms with E-state index in [-0.39, 0.29) is 16.9 Å². The van der Waals surface area contributed by atoms with Crippen LogP contribution < -0.4 is 0 Å². The molecule has 154 valence electrons. The van der Waals surface area contributed by atoms with Crippen LogP contribution in [0.1, 0.15) is 46.6 Å². The van der Waals surface area contributed by atoms with E-state index in [2.05, 4.69) is 66.4 Å². The first-order valence-corrected chi connectivity index (χ1v) is 13.0. The summed E-state index contributed by atoms with van der Waals surface area (Å²) in [6.45, 7) is 21.4. The minimum Gasteiger partial charge on any atom is -0.416 e. The average molecular weight is 393 g/mol. The molecule has 0 bridgehead atoms. The topological polar surface area (TPSA) is 38.7 Å². The predicted molar refractivity (Wildman–Crippen MR) is 117 cm³/mol. The first-order valence-electron chi connectivity index (χ1n) is 10.1. The van der Waals surface area contributed by atoms with Crippen LogP contribution in [0.5, 0.6) is 0 Å². The second-order valence-corrected chi connectivity index (χ2v) is 14.2. The molecule has 0 saturated heterocycles. The molecule has 0 saturated carbocycles. The van der Waals surface area contributed by atoms with Gasteiger partial charge in [-0.1, -0.05) is 77.1 Å². The van der Waals surface area contributed by atoms with E-state index in [0.717, 1.165) is 5.57 Å². The smallest absolute Gasteiger partial charge is 0.191 e. The van der Waals surface area contributed by atoms with Gasteiger partial charge in [-0.15, -0.1) is 0 Å². The number of aliphatic hydroxyl groups excluding tert-OH is 1. The van der Waals surface area contributed by atoms with Gasteiger partial charge in [0.05, 0.1) is 19.3 Å². The zero-order chi connectivity index (χ0) is 20.7. The number of hydrogen-bond acceptors (Lipinski definition) is 3. The molecular formula is C23H40O3Si. The number of rotatable bonds is 11. The largest absolute Gasteiger partial charge is 0.416 e. The molecule has 0 fully saturated rings. The van der Waals surface area contributed by atoms with E-state index < -0.39 is 14.4 Å². The molecule has 0 heterocycles. The van der Waals surface area contributed by atoms with Crippen molar-refractivity contribution in [3.63, 3.8) is 0 Å². The third-order valence-corrected chi connectivity index (χ3v) is 10.3. The van der Waals surface area contributed by atoms with Crippen LogP contribution in [-0.4, -0.2) is 32.7 Å². The Balaban J connectivity index is 2.36. The number of benzene rings is 1. The second-order valence-electron chi connectivity index (χ2n) is 9.38. The molecule has 3 atom stereocenters. The van der Waals surface area contributed by atoms with Gasteiger partial charge in [-0.05, 0) is 30.1 Å². The number of hydrogen-bond donors (Lipinski definition) is 1. The van der Waals surface area contributed by atoms with Crippen LogP contribution in [0.4, 0.5) is 0 Å². The maximum atomic E-state index is 10.6. The Hall–Kier alpha value is -0.943. The van der Waals surface area contributed by atoms with Gasteiger partial charge < -0.3 is 14.3 Å². The normalized spacial score (nSPS) is 16.0. The minimum atomic E-state index is -1.78. The Morgan fingerprint density at radius 2 is 1.70 bits per heavy atom. The summed E-state index contributed by atoms with van der Waals surface area (Å²) in [7, 11) is -1.78. The van der Waals surface area contributed by atoms with Gasteiger partial charge in [-0.3, -0.25) is 0 Å². The van der Waals surface area contributed by atoms with E-state index in [1.165, 1.54) is 5.56 Å². The third-order valence-electron chi connectivity index (χ3n) is 5.82. The summed E-state index contributed by atoms with van der Waals surface area (Å²) in [5.41, 5.74) is 2.21. The van der Waals surface area contributed by atoms with Crippen molar-refractivity contribution in [2.24, 2.45) is 11.8 Å². The highest BCUT2D eigenvalue weighted by molar-refractivity contribution is 6.74. The van der Waals surface area contributed by atoms with Crippen molar-refractivity contribution in [3.8, 4) is 0 Å². The zero-order valence-electron chi connectivity index (χ0n) is 18.4. The molecule has 1 N–H and O–H groups in total. The molecule has 1 aromatic carbocycles. The van der Waals surface area contributed by atoms with Gasteiger partial charge in [0.15, 0.2) is 8.32 Å². The Kier molecular flexibility index (Phi) is 9.42. The van der Waals surface area contributed by atoms with Gasteiger partial charge in [0.25, 0.3) is 0 Å². The van der Waals surface area contributed by atoms with Crippen LogP contribution in [0.3, 0.4) is 0 Å². The van der Waals surface area contributed by atoms with Crippen LogP contribution in [0.15, 0.2) is 42.5 Å². The van der Waals surface area contributed by atoms with Crippen molar-refractivity contribution in [2.45, 2.75) is 71.9 Å². The van der Waals surface area contributed by atoms with Crippen LogP contribution in [0.25, 0.3) is 0 Å². The first-order chi connectivity index (χ1) is 12.4. The highest BCUT2D eigenvalue weighted by Gasteiger charge is 2.37. The maximum Gasteiger partial charge on any atom is 0.191 e. The maximum absolute atomic E-state index is 10.6. The van der Waals surface area contributed by atoms with Gasteiger partial charge in [0, 0.05) is 18.4 Å². The van der Waals surface area contributed by atoms with Crippen molar-refractivity contribution in [1.29, 1.82) is 0 Å². The van der Waals surface area contributed by atoms with Gasteiger partial charge in [-0.2, -0.15) is 0 Å². The van der Waals surface area contributed by atoms with E-state index in [9.17, 15) is 5.11 Å². The Labute approximate surface area is 167 Å². The first kappa shape index (κ1) is 24.1. The Bertz CT molecular complexity index is 563. The lowest BCUT2D eigenvalue weighted by Crippen LogP contribution is -2.42. The molecule has 0 spiro atoms. The molecule has 27 heavy (non-hydrogen) atoms. The molecule has 0 radical (unpaired) electrons. The molecule has 0 aliphatic rings. The summed E-state index contributed by atoms with van der Waals surface area (Å²) in [4.78, 5) is 0. The fourth-order valence-corrected chi connectivity index (χ4v) is 3.50. The lowest BCUT2D eigenvalue weighted by Gasteiger charge is -2.37. The van der Waals surface area contributed by atoms with E-state index in [0.29, 0.717) is 26.2 Å². The van der Waals surface area contributed by atoms with Crippen LogP contribution >= 0.6 is 0 Å². The molecule has 0 unspecified atom stereocenters. The average Bonchev–Trinajstić information content (AvgIpc) is 2.59. The Morgan fingerprint density at radius 1 is 1.11 bits per heavy atom. The lowest BCUT2D eigenvalue weighted by molar-refractivity contribution is 0.0714. The summed E-state index contributed by atoms with van der Waals surface area (Å²) in [5.74, 6) is 0.310. The molecule has 0 amide bonds. The van der Waals surface area contributed by atoms with E-state index in [1.807, 2.05) is 18.2 Å². The molecule has 0 aliphatic carbocycles. The SMILES string of the molecule is C=C(C[C@@H](O)[C@@H](C)CO[Si](C)(C)C(C)(C)C)[C@H](C)COCc1ccccc1. The molecule has 0 aromatic heterocycles. The summed E-state index contributed by atoms with van der Waals surface area (Å²) in [6.07, 6.45) is 0.164. The van der Waals surface area contributed by atoms with E-state index >= 15 is 0 Å². The van der Waals surface area contributed by atoms with E-state index in [4.69, 9.17) is 9.16 Å². The zero-order valence-corrected chi connectivity index (χ0v) is 19.4. The molecule has 4 heteroatoms. The van der Waals surface area contributed by atoms with Gasteiger partial charge >= 0.3 is 0 Å². The highest BCUT2D eigenvalue weighted by Crippen LogP contribution is 2.37. The second kappa shape index (κ2) is 10.6. The molecular weight excluding hydrogens is 352 g/mol. The standard InChI is InChI=1S/C23H40O3Si/c1-18(19(2)15-25-17-21-12-10-9-11-13-21)14-22(24)20(3)16-26-27(7,8)23(4,5)6/h9-13,19-20,22,24H,1,14-17H2,2-8H3/t19-,20+,22-/m1/s1. The van der Waals surface area contributed by atoms with E-state index in [1.54, 1.807) is 0 Å². The molecule has 1 rings (SSSR count). The molecule has 0 aliphatic heterocycles. The summed E-state index contributed by atoms with van der Waals surface area (Å²) in [5, 5.41) is 10.8. The quantitative estimate of drug-likeness (QED) is 0.382. The lowest BCUT2D eigenvalue weighted by atomic mass is 9.93. The van der Waals surface area contributed by atoms with Crippen molar-refractivity contribution >= 4 is 8.32 Å². The van der Waals surface area contributed by atoms with Gasteiger partial charge in [-0.25, -0.2) is 0 Å². The summed E-state index contributed by atoms with van der Waals surface area (Å²) in [6, 6.07) is 10.2. The minimum absolute atomic E-state index is 0.0910. The fraction of sp³-hybridized carbons (Fsp3) is 0.652. The number of aliphatic hydroxyl groups is 1. The predicted octanol–water partition coefficient (Wildman–Crippen LogP) is 5.80.